The van der Waals surface area contributed by atoms with Crippen molar-refractivity contribution in [3.05, 3.63) is 95.8 Å². The van der Waals surface area contributed by atoms with Crippen LogP contribution in [-0.4, -0.2) is 66.0 Å². The topological polar surface area (TPSA) is 72.0 Å². The number of hydrogen-bond donors (Lipinski definition) is 0. The van der Waals surface area contributed by atoms with Crippen LogP contribution < -0.4 is 4.74 Å². The quantitative estimate of drug-likeness (QED) is 0.517. The Morgan fingerprint density at radius 3 is 2.62 bits per heavy atom. The van der Waals surface area contributed by atoms with Gasteiger partial charge in [0.25, 0.3) is 5.91 Å². The van der Waals surface area contributed by atoms with Gasteiger partial charge in [-0.15, -0.1) is 0 Å². The van der Waals surface area contributed by atoms with Crippen LogP contribution in [-0.2, 0) is 22.6 Å². The molecular formula is C27H29N3O4. The van der Waals surface area contributed by atoms with Gasteiger partial charge in [-0.25, -0.2) is 0 Å². The highest BCUT2D eigenvalue weighted by atomic mass is 16.5. The third-order valence-corrected chi connectivity index (χ3v) is 5.86. The highest BCUT2D eigenvalue weighted by Gasteiger charge is 2.31. The standard InChI is InChI=1S/C27H29N3O4/c1-33-24-11-5-9-22(15-24)20-34-25-17-29(14-12-21-7-3-2-4-8-21)26(31)19-30(18-25)27(32)23-10-6-13-28-16-23/h2-11,13,15-16,25H,12,14,17-20H2,1H3/t25-/m0/s1. The summed E-state index contributed by atoms with van der Waals surface area (Å²) in [5.74, 6) is 0.456. The van der Waals surface area contributed by atoms with Gasteiger partial charge in [0.1, 0.15) is 12.3 Å². The van der Waals surface area contributed by atoms with Gasteiger partial charge in [0.15, 0.2) is 0 Å². The Morgan fingerprint density at radius 2 is 1.85 bits per heavy atom. The highest BCUT2D eigenvalue weighted by Crippen LogP contribution is 2.17. The van der Waals surface area contributed by atoms with Crippen molar-refractivity contribution in [1.29, 1.82) is 0 Å². The molecule has 1 saturated heterocycles. The summed E-state index contributed by atoms with van der Waals surface area (Å²) in [7, 11) is 1.63. The number of carbonyl (C=O) groups is 2. The van der Waals surface area contributed by atoms with E-state index in [4.69, 9.17) is 9.47 Å². The lowest BCUT2D eigenvalue weighted by Crippen LogP contribution is -2.40. The molecule has 7 nitrogen and oxygen atoms in total. The maximum absolute atomic E-state index is 13.1. The molecule has 4 rings (SSSR count). The summed E-state index contributed by atoms with van der Waals surface area (Å²) in [6.07, 6.45) is 3.56. The van der Waals surface area contributed by atoms with Gasteiger partial charge in [-0.3, -0.25) is 14.6 Å². The van der Waals surface area contributed by atoms with E-state index < -0.39 is 0 Å². The van der Waals surface area contributed by atoms with E-state index in [2.05, 4.69) is 17.1 Å². The van der Waals surface area contributed by atoms with Crippen LogP contribution in [0.2, 0.25) is 0 Å². The minimum absolute atomic E-state index is 0.0154. The molecule has 1 aromatic heterocycles. The molecule has 0 unspecified atom stereocenters. The first-order valence-corrected chi connectivity index (χ1v) is 11.4. The normalized spacial score (nSPS) is 16.3. The van der Waals surface area contributed by atoms with Crippen molar-refractivity contribution in [3.8, 4) is 5.75 Å². The average molecular weight is 460 g/mol. The highest BCUT2D eigenvalue weighted by molar-refractivity contribution is 5.96. The van der Waals surface area contributed by atoms with Crippen molar-refractivity contribution in [2.45, 2.75) is 19.1 Å². The van der Waals surface area contributed by atoms with Crippen molar-refractivity contribution in [1.82, 2.24) is 14.8 Å². The predicted molar refractivity (Wildman–Crippen MR) is 128 cm³/mol. The molecule has 3 aromatic rings. The van der Waals surface area contributed by atoms with E-state index in [1.165, 1.54) is 6.20 Å². The molecule has 7 heteroatoms. The molecule has 176 valence electrons. The molecule has 0 spiro atoms. The molecular weight excluding hydrogens is 430 g/mol. The largest absolute Gasteiger partial charge is 0.497 e. The van der Waals surface area contributed by atoms with Gasteiger partial charge < -0.3 is 19.3 Å². The van der Waals surface area contributed by atoms with Gasteiger partial charge in [0, 0.05) is 32.0 Å². The smallest absolute Gasteiger partial charge is 0.255 e. The molecule has 1 fully saturated rings. The summed E-state index contributed by atoms with van der Waals surface area (Å²) >= 11 is 0. The SMILES string of the molecule is COc1cccc(CO[C@H]2CN(CCc3ccccc3)C(=O)CN(C(=O)c3cccnc3)C2)c1. The lowest BCUT2D eigenvalue weighted by Gasteiger charge is -2.25. The molecule has 1 aliphatic heterocycles. The van der Waals surface area contributed by atoms with Crippen LogP contribution in [0.25, 0.3) is 0 Å². The number of benzene rings is 2. The minimum atomic E-state index is -0.325. The van der Waals surface area contributed by atoms with Crippen LogP contribution in [0.15, 0.2) is 79.1 Å². The van der Waals surface area contributed by atoms with E-state index >= 15 is 0 Å². The zero-order valence-electron chi connectivity index (χ0n) is 19.3. The van der Waals surface area contributed by atoms with E-state index in [9.17, 15) is 9.59 Å². The second kappa shape index (κ2) is 11.4. The number of ether oxygens (including phenoxy) is 2. The monoisotopic (exact) mass is 459 g/mol. The first-order chi connectivity index (χ1) is 16.6. The van der Waals surface area contributed by atoms with Gasteiger partial charge >= 0.3 is 0 Å². The van der Waals surface area contributed by atoms with Crippen LogP contribution in [0.4, 0.5) is 0 Å². The first-order valence-electron chi connectivity index (χ1n) is 11.4. The van der Waals surface area contributed by atoms with E-state index in [0.29, 0.717) is 31.8 Å². The van der Waals surface area contributed by atoms with Gasteiger partial charge in [0.05, 0.1) is 25.4 Å². The zero-order valence-corrected chi connectivity index (χ0v) is 19.3. The first kappa shape index (κ1) is 23.4. The number of amides is 2. The van der Waals surface area contributed by atoms with Crippen molar-refractivity contribution < 1.29 is 19.1 Å². The molecule has 2 amide bonds. The van der Waals surface area contributed by atoms with Crippen LogP contribution in [0.3, 0.4) is 0 Å². The average Bonchev–Trinajstić information content (AvgIpc) is 3.05. The number of rotatable bonds is 8. The molecule has 0 N–H and O–H groups in total. The van der Waals surface area contributed by atoms with Gasteiger partial charge in [-0.2, -0.15) is 0 Å². The van der Waals surface area contributed by atoms with Crippen LogP contribution >= 0.6 is 0 Å². The van der Waals surface area contributed by atoms with Gasteiger partial charge in [0.2, 0.25) is 5.91 Å². The van der Waals surface area contributed by atoms with E-state index in [1.54, 1.807) is 35.2 Å². The number of carbonyl (C=O) groups excluding carboxylic acids is 2. The van der Waals surface area contributed by atoms with Crippen molar-refractivity contribution in [2.75, 3.05) is 33.3 Å². The van der Waals surface area contributed by atoms with Crippen molar-refractivity contribution in [3.63, 3.8) is 0 Å². The molecule has 0 bridgehead atoms. The summed E-state index contributed by atoms with van der Waals surface area (Å²) in [4.78, 5) is 33.7. The van der Waals surface area contributed by atoms with Gasteiger partial charge in [-0.1, -0.05) is 42.5 Å². The number of nitrogens with zero attached hydrogens (tertiary/aromatic N) is 3. The number of aromatic nitrogens is 1. The molecule has 2 heterocycles. The Balaban J connectivity index is 1.49. The molecule has 2 aromatic carbocycles. The summed E-state index contributed by atoms with van der Waals surface area (Å²) in [6, 6.07) is 21.2. The fraction of sp³-hybridized carbons (Fsp3) is 0.296. The lowest BCUT2D eigenvalue weighted by molar-refractivity contribution is -0.131. The van der Waals surface area contributed by atoms with E-state index in [1.807, 2.05) is 42.5 Å². The molecule has 1 atom stereocenters. The second-order valence-electron chi connectivity index (χ2n) is 8.29. The molecule has 0 saturated carbocycles. The van der Waals surface area contributed by atoms with Crippen LogP contribution in [0, 0.1) is 0 Å². The Kier molecular flexibility index (Phi) is 7.88. The zero-order chi connectivity index (χ0) is 23.8. The summed E-state index contributed by atoms with van der Waals surface area (Å²) in [5, 5.41) is 0. The Labute approximate surface area is 199 Å². The summed E-state index contributed by atoms with van der Waals surface area (Å²) in [6.45, 7) is 1.69. The summed E-state index contributed by atoms with van der Waals surface area (Å²) < 4.78 is 11.5. The third-order valence-electron chi connectivity index (χ3n) is 5.86. The molecule has 0 radical (unpaired) electrons. The maximum Gasteiger partial charge on any atom is 0.255 e. The van der Waals surface area contributed by atoms with E-state index in [0.717, 1.165) is 23.3 Å². The number of pyridine rings is 1. The number of methoxy groups -OCH3 is 1. The van der Waals surface area contributed by atoms with Crippen LogP contribution in [0.1, 0.15) is 21.5 Å². The minimum Gasteiger partial charge on any atom is -0.497 e. The maximum atomic E-state index is 13.1. The van der Waals surface area contributed by atoms with Gasteiger partial charge in [-0.05, 0) is 41.8 Å². The second-order valence-corrected chi connectivity index (χ2v) is 8.29. The molecule has 0 aliphatic carbocycles. The van der Waals surface area contributed by atoms with Crippen molar-refractivity contribution >= 4 is 11.8 Å². The molecule has 34 heavy (non-hydrogen) atoms. The Morgan fingerprint density at radius 1 is 1.03 bits per heavy atom. The van der Waals surface area contributed by atoms with Crippen LogP contribution in [0.5, 0.6) is 5.75 Å². The Bertz CT molecular complexity index is 1090. The Hall–Kier alpha value is -3.71. The summed E-state index contributed by atoms with van der Waals surface area (Å²) in [5.41, 5.74) is 2.59. The van der Waals surface area contributed by atoms with E-state index in [-0.39, 0.29) is 24.5 Å². The molecule has 1 aliphatic rings. The van der Waals surface area contributed by atoms with Crippen molar-refractivity contribution in [2.24, 2.45) is 0 Å². The fourth-order valence-electron chi connectivity index (χ4n) is 4.01. The third kappa shape index (κ3) is 6.20. The fourth-order valence-corrected chi connectivity index (χ4v) is 4.01. The predicted octanol–water partition coefficient (Wildman–Crippen LogP) is 3.20. The number of hydrogen-bond acceptors (Lipinski definition) is 5. The lowest BCUT2D eigenvalue weighted by atomic mass is 10.1.